The maximum absolute atomic E-state index is 12.0. The number of nitrogens with two attached hydrogens (primary N) is 1. The van der Waals surface area contributed by atoms with Crippen LogP contribution in [0.3, 0.4) is 0 Å². The Balaban J connectivity index is 1.86. The van der Waals surface area contributed by atoms with Gasteiger partial charge in [-0.1, -0.05) is 25.3 Å². The Morgan fingerprint density at radius 3 is 2.76 bits per heavy atom. The van der Waals surface area contributed by atoms with Gasteiger partial charge < -0.3 is 20.5 Å². The van der Waals surface area contributed by atoms with E-state index in [-0.39, 0.29) is 18.1 Å². The quantitative estimate of drug-likeness (QED) is 0.844. The molecule has 1 saturated carbocycles. The number of amides is 1. The molecule has 0 saturated heterocycles. The van der Waals surface area contributed by atoms with Gasteiger partial charge in [0.05, 0.1) is 12.7 Å². The summed E-state index contributed by atoms with van der Waals surface area (Å²) in [6.45, 7) is 0.508. The van der Waals surface area contributed by atoms with Crippen LogP contribution in [0, 0.1) is 0 Å². The van der Waals surface area contributed by atoms with Crippen LogP contribution in [0.5, 0.6) is 5.75 Å². The van der Waals surface area contributed by atoms with E-state index >= 15 is 0 Å². The van der Waals surface area contributed by atoms with Crippen molar-refractivity contribution in [1.82, 2.24) is 0 Å². The molecule has 1 aromatic rings. The Labute approximate surface area is 125 Å². The van der Waals surface area contributed by atoms with E-state index < -0.39 is 0 Å². The molecule has 3 N–H and O–H groups in total. The first-order valence-corrected chi connectivity index (χ1v) is 7.45. The van der Waals surface area contributed by atoms with Gasteiger partial charge in [-0.2, -0.15) is 0 Å². The molecule has 0 atom stereocenters. The van der Waals surface area contributed by atoms with E-state index in [0.717, 1.165) is 25.7 Å². The molecule has 5 heteroatoms. The smallest absolute Gasteiger partial charge is 0.250 e. The van der Waals surface area contributed by atoms with Crippen LogP contribution in [0.2, 0.25) is 0 Å². The number of rotatable bonds is 6. The fourth-order valence-corrected chi connectivity index (χ4v) is 2.72. The second-order valence-corrected chi connectivity index (χ2v) is 5.52. The molecule has 0 unspecified atom stereocenters. The van der Waals surface area contributed by atoms with Crippen LogP contribution in [0.1, 0.15) is 32.1 Å². The van der Waals surface area contributed by atoms with Crippen LogP contribution in [-0.4, -0.2) is 31.8 Å². The predicted octanol–water partition coefficient (Wildman–Crippen LogP) is 2.31. The largest absolute Gasteiger partial charge is 0.497 e. The topological polar surface area (TPSA) is 73.6 Å². The summed E-state index contributed by atoms with van der Waals surface area (Å²) in [6.07, 6.45) is 5.34. The van der Waals surface area contributed by atoms with Crippen molar-refractivity contribution in [2.24, 2.45) is 5.73 Å². The van der Waals surface area contributed by atoms with E-state index in [0.29, 0.717) is 18.0 Å². The number of methoxy groups -OCH3 is 1. The second-order valence-electron chi connectivity index (χ2n) is 5.52. The van der Waals surface area contributed by atoms with E-state index in [1.54, 1.807) is 13.2 Å². The highest BCUT2D eigenvalue weighted by molar-refractivity contribution is 5.91. The maximum atomic E-state index is 12.0. The summed E-state index contributed by atoms with van der Waals surface area (Å²) >= 11 is 0. The van der Waals surface area contributed by atoms with Gasteiger partial charge in [-0.3, -0.25) is 4.79 Å². The van der Waals surface area contributed by atoms with Crippen molar-refractivity contribution in [2.75, 3.05) is 25.6 Å². The van der Waals surface area contributed by atoms with Crippen LogP contribution in [0.25, 0.3) is 0 Å². The highest BCUT2D eigenvalue weighted by Gasteiger charge is 2.32. The molecule has 0 aliphatic heterocycles. The van der Waals surface area contributed by atoms with Crippen LogP contribution >= 0.6 is 0 Å². The molecular weight excluding hydrogens is 268 g/mol. The summed E-state index contributed by atoms with van der Waals surface area (Å²) in [5.41, 5.74) is 6.23. The molecule has 1 aliphatic rings. The van der Waals surface area contributed by atoms with Gasteiger partial charge in [-0.15, -0.1) is 0 Å². The van der Waals surface area contributed by atoms with Gasteiger partial charge in [0, 0.05) is 18.3 Å². The van der Waals surface area contributed by atoms with Gasteiger partial charge in [0.15, 0.2) is 0 Å². The molecule has 0 radical (unpaired) electrons. The average molecular weight is 292 g/mol. The molecule has 0 spiro atoms. The van der Waals surface area contributed by atoms with Crippen molar-refractivity contribution >= 4 is 11.6 Å². The van der Waals surface area contributed by atoms with E-state index in [9.17, 15) is 4.79 Å². The van der Waals surface area contributed by atoms with Crippen LogP contribution < -0.4 is 15.8 Å². The van der Waals surface area contributed by atoms with Crippen molar-refractivity contribution in [3.8, 4) is 5.75 Å². The van der Waals surface area contributed by atoms with Gasteiger partial charge >= 0.3 is 0 Å². The minimum absolute atomic E-state index is 0.0361. The lowest BCUT2D eigenvalue weighted by molar-refractivity contribution is -0.130. The SMILES string of the molecule is COc1cccc(NC(=O)COC2(CN)CCCCC2)c1. The van der Waals surface area contributed by atoms with Gasteiger partial charge in [0.1, 0.15) is 12.4 Å². The first-order valence-electron chi connectivity index (χ1n) is 7.45. The van der Waals surface area contributed by atoms with E-state index in [2.05, 4.69) is 5.32 Å². The highest BCUT2D eigenvalue weighted by atomic mass is 16.5. The molecule has 0 bridgehead atoms. The number of benzene rings is 1. The number of carbonyl (C=O) groups excluding carboxylic acids is 1. The molecule has 1 aliphatic carbocycles. The van der Waals surface area contributed by atoms with Gasteiger partial charge in [0.25, 0.3) is 0 Å². The summed E-state index contributed by atoms with van der Waals surface area (Å²) in [7, 11) is 1.60. The zero-order valence-corrected chi connectivity index (χ0v) is 12.6. The number of ether oxygens (including phenoxy) is 2. The normalized spacial score (nSPS) is 17.2. The minimum Gasteiger partial charge on any atom is -0.497 e. The standard InChI is InChI=1S/C16H24N2O3/c1-20-14-7-5-6-13(10-14)18-15(19)11-21-16(12-17)8-3-2-4-9-16/h5-7,10H,2-4,8-9,11-12,17H2,1H3,(H,18,19). The first kappa shape index (κ1) is 15.8. The molecule has 1 aromatic carbocycles. The minimum atomic E-state index is -0.316. The predicted molar refractivity (Wildman–Crippen MR) is 82.4 cm³/mol. The van der Waals surface area contributed by atoms with Gasteiger partial charge in [-0.05, 0) is 25.0 Å². The van der Waals surface area contributed by atoms with Crippen molar-refractivity contribution in [1.29, 1.82) is 0 Å². The van der Waals surface area contributed by atoms with Gasteiger partial charge in [0.2, 0.25) is 5.91 Å². The summed E-state index contributed by atoms with van der Waals surface area (Å²) in [5.74, 6) is 0.543. The van der Waals surface area contributed by atoms with E-state index in [1.807, 2.05) is 18.2 Å². The lowest BCUT2D eigenvalue weighted by atomic mass is 9.85. The van der Waals surface area contributed by atoms with E-state index in [4.69, 9.17) is 15.2 Å². The van der Waals surface area contributed by atoms with Crippen molar-refractivity contribution in [3.63, 3.8) is 0 Å². The fourth-order valence-electron chi connectivity index (χ4n) is 2.72. The summed E-state index contributed by atoms with van der Waals surface area (Å²) < 4.78 is 11.0. The Hall–Kier alpha value is -1.59. The number of nitrogens with one attached hydrogen (secondary N) is 1. The third kappa shape index (κ3) is 4.44. The second kappa shape index (κ2) is 7.43. The fraction of sp³-hybridized carbons (Fsp3) is 0.562. The van der Waals surface area contributed by atoms with Crippen molar-refractivity contribution in [2.45, 2.75) is 37.7 Å². The first-order chi connectivity index (χ1) is 10.2. The van der Waals surface area contributed by atoms with Crippen LogP contribution in [0.15, 0.2) is 24.3 Å². The lowest BCUT2D eigenvalue weighted by Gasteiger charge is -2.35. The molecular formula is C16H24N2O3. The van der Waals surface area contributed by atoms with Crippen LogP contribution in [0.4, 0.5) is 5.69 Å². The van der Waals surface area contributed by atoms with Crippen molar-refractivity contribution in [3.05, 3.63) is 24.3 Å². The van der Waals surface area contributed by atoms with Crippen LogP contribution in [-0.2, 0) is 9.53 Å². The number of hydrogen-bond donors (Lipinski definition) is 2. The maximum Gasteiger partial charge on any atom is 0.250 e. The molecule has 2 rings (SSSR count). The number of carbonyl (C=O) groups is 1. The summed E-state index contributed by atoms with van der Waals surface area (Å²) in [6, 6.07) is 7.26. The molecule has 21 heavy (non-hydrogen) atoms. The molecule has 1 amide bonds. The van der Waals surface area contributed by atoms with Crippen molar-refractivity contribution < 1.29 is 14.3 Å². The zero-order valence-electron chi connectivity index (χ0n) is 12.6. The monoisotopic (exact) mass is 292 g/mol. The summed E-state index contributed by atoms with van der Waals surface area (Å²) in [5, 5.41) is 2.81. The molecule has 5 nitrogen and oxygen atoms in total. The number of hydrogen-bond acceptors (Lipinski definition) is 4. The Bertz CT molecular complexity index is 470. The molecule has 0 heterocycles. The highest BCUT2D eigenvalue weighted by Crippen LogP contribution is 2.30. The number of anilines is 1. The Morgan fingerprint density at radius 2 is 2.10 bits per heavy atom. The summed E-state index contributed by atoms with van der Waals surface area (Å²) in [4.78, 5) is 12.0. The molecule has 1 fully saturated rings. The average Bonchev–Trinajstić information content (AvgIpc) is 2.54. The molecule has 0 aromatic heterocycles. The van der Waals surface area contributed by atoms with E-state index in [1.165, 1.54) is 6.42 Å². The lowest BCUT2D eigenvalue weighted by Crippen LogP contribution is -2.44. The Kier molecular flexibility index (Phi) is 5.59. The zero-order chi connectivity index (χ0) is 15.1. The van der Waals surface area contributed by atoms with Gasteiger partial charge in [-0.25, -0.2) is 0 Å². The third-order valence-electron chi connectivity index (χ3n) is 4.00. The Morgan fingerprint density at radius 1 is 1.33 bits per heavy atom. The molecule has 116 valence electrons. The third-order valence-corrected chi connectivity index (χ3v) is 4.00.